The summed E-state index contributed by atoms with van der Waals surface area (Å²) < 4.78 is 10.7. The summed E-state index contributed by atoms with van der Waals surface area (Å²) in [5, 5.41) is 18.6. The molecule has 0 bridgehead atoms. The van der Waals surface area contributed by atoms with Gasteiger partial charge >= 0.3 is 0 Å². The van der Waals surface area contributed by atoms with Gasteiger partial charge in [-0.1, -0.05) is 23.8 Å². The number of nitrogens with one attached hydrogen (secondary N) is 3. The van der Waals surface area contributed by atoms with Gasteiger partial charge in [0.25, 0.3) is 0 Å². The van der Waals surface area contributed by atoms with E-state index in [1.807, 2.05) is 4.90 Å². The number of aryl methyl sites for hydroxylation is 1. The molecule has 0 unspecified atom stereocenters. The molecule has 1 aromatic rings. The normalized spacial score (nSPS) is 22.7. The second-order valence-corrected chi connectivity index (χ2v) is 11.8. The van der Waals surface area contributed by atoms with Crippen LogP contribution < -0.4 is 16.0 Å². The molecule has 11 heteroatoms. The van der Waals surface area contributed by atoms with E-state index in [1.54, 1.807) is 39.0 Å². The van der Waals surface area contributed by atoms with E-state index in [1.165, 1.54) is 0 Å². The summed E-state index contributed by atoms with van der Waals surface area (Å²) in [5.74, 6) is -1.46. The lowest BCUT2D eigenvalue weighted by molar-refractivity contribution is -0.134. The van der Waals surface area contributed by atoms with Crippen molar-refractivity contribution in [2.24, 2.45) is 0 Å². The molecule has 2 heterocycles. The Kier molecular flexibility index (Phi) is 10.7. The maximum atomic E-state index is 13.7. The fourth-order valence-electron chi connectivity index (χ4n) is 5.29. The number of hydrogen-bond acceptors (Lipinski definition) is 8. The number of epoxide rings is 1. The first-order chi connectivity index (χ1) is 20.0. The number of ether oxygens (including phenoxy) is 2. The highest BCUT2D eigenvalue weighted by molar-refractivity contribution is 5.98. The third kappa shape index (κ3) is 8.86. The van der Waals surface area contributed by atoms with Gasteiger partial charge in [0.1, 0.15) is 23.4 Å². The number of hydrogen-bond donors (Lipinski definition) is 4. The number of Topliss-reactive ketones (excluding diaryl/α,β-unsaturated/α-hetero) is 1. The van der Waals surface area contributed by atoms with Crippen LogP contribution in [0.25, 0.3) is 0 Å². The zero-order valence-corrected chi connectivity index (χ0v) is 24.9. The molecular weight excluding hydrogens is 540 g/mol. The molecule has 0 saturated carbocycles. The van der Waals surface area contributed by atoms with Gasteiger partial charge in [0.05, 0.1) is 32.4 Å². The van der Waals surface area contributed by atoms with Gasteiger partial charge in [-0.25, -0.2) is 0 Å². The molecular formula is C31H44N4O7. The first-order valence-corrected chi connectivity index (χ1v) is 14.9. The number of carbonyl (C=O) groups is 4. The summed E-state index contributed by atoms with van der Waals surface area (Å²) in [6.07, 6.45) is 6.58. The van der Waals surface area contributed by atoms with Gasteiger partial charge in [0.15, 0.2) is 5.78 Å². The van der Waals surface area contributed by atoms with Crippen LogP contribution in [0.1, 0.15) is 57.1 Å². The summed E-state index contributed by atoms with van der Waals surface area (Å²) in [6.45, 7) is 7.90. The Morgan fingerprint density at radius 1 is 1.02 bits per heavy atom. The van der Waals surface area contributed by atoms with Crippen molar-refractivity contribution in [1.82, 2.24) is 20.9 Å². The van der Waals surface area contributed by atoms with Gasteiger partial charge in [0.2, 0.25) is 17.7 Å². The minimum Gasteiger partial charge on any atom is -0.508 e. The lowest BCUT2D eigenvalue weighted by Gasteiger charge is -2.27. The van der Waals surface area contributed by atoms with E-state index in [-0.39, 0.29) is 30.4 Å². The van der Waals surface area contributed by atoms with Crippen LogP contribution in [0.3, 0.4) is 0 Å². The molecule has 4 rings (SSSR count). The van der Waals surface area contributed by atoms with Crippen LogP contribution in [0.4, 0.5) is 0 Å². The van der Waals surface area contributed by atoms with E-state index in [0.717, 1.165) is 31.3 Å². The van der Waals surface area contributed by atoms with Gasteiger partial charge in [0, 0.05) is 19.5 Å². The summed E-state index contributed by atoms with van der Waals surface area (Å²) >= 11 is 0. The van der Waals surface area contributed by atoms with E-state index in [2.05, 4.69) is 22.0 Å². The van der Waals surface area contributed by atoms with Crippen LogP contribution in [0.15, 0.2) is 29.8 Å². The second kappa shape index (κ2) is 14.3. The Morgan fingerprint density at radius 3 is 2.38 bits per heavy atom. The molecule has 1 aromatic carbocycles. The van der Waals surface area contributed by atoms with Crippen LogP contribution in [0.5, 0.6) is 5.75 Å². The Hall–Kier alpha value is -3.28. The predicted octanol–water partition coefficient (Wildman–Crippen LogP) is 1.30. The van der Waals surface area contributed by atoms with E-state index in [0.29, 0.717) is 50.5 Å². The molecule has 2 fully saturated rings. The summed E-state index contributed by atoms with van der Waals surface area (Å²) in [4.78, 5) is 54.9. The molecule has 2 aliphatic heterocycles. The number of ketones is 1. The fraction of sp³-hybridized carbons (Fsp3) is 0.613. The number of amides is 3. The molecule has 4 atom stereocenters. The molecule has 0 spiro atoms. The Labute approximate surface area is 247 Å². The number of nitrogens with zero attached hydrogens (tertiary/aromatic N) is 1. The number of morpholine rings is 1. The average molecular weight is 585 g/mol. The monoisotopic (exact) mass is 584 g/mol. The first-order valence-electron chi connectivity index (χ1n) is 14.9. The van der Waals surface area contributed by atoms with E-state index >= 15 is 0 Å². The van der Waals surface area contributed by atoms with Crippen molar-refractivity contribution < 1.29 is 33.8 Å². The maximum absolute atomic E-state index is 13.7. The van der Waals surface area contributed by atoms with Crippen molar-refractivity contribution in [2.75, 3.05) is 39.5 Å². The topological polar surface area (TPSA) is 150 Å². The number of benzene rings is 1. The molecule has 42 heavy (non-hydrogen) atoms. The predicted molar refractivity (Wildman–Crippen MR) is 156 cm³/mol. The Bertz CT molecular complexity index is 1190. The largest absolute Gasteiger partial charge is 0.508 e. The molecule has 0 aromatic heterocycles. The van der Waals surface area contributed by atoms with E-state index < -0.39 is 35.5 Å². The lowest BCUT2D eigenvalue weighted by Crippen LogP contribution is -2.57. The number of phenolic OH excluding ortho intramolecular Hbond substituents is 1. The third-order valence-electron chi connectivity index (χ3n) is 8.17. The first kappa shape index (κ1) is 31.7. The zero-order chi connectivity index (χ0) is 30.3. The fourth-order valence-corrected chi connectivity index (χ4v) is 5.29. The van der Waals surface area contributed by atoms with Crippen LogP contribution in [0.2, 0.25) is 0 Å². The van der Waals surface area contributed by atoms with Gasteiger partial charge in [-0.3, -0.25) is 24.1 Å². The van der Waals surface area contributed by atoms with Crippen molar-refractivity contribution in [1.29, 1.82) is 0 Å². The van der Waals surface area contributed by atoms with E-state index in [4.69, 9.17) is 9.47 Å². The van der Waals surface area contributed by atoms with Crippen LogP contribution in [0, 0.1) is 6.92 Å². The summed E-state index contributed by atoms with van der Waals surface area (Å²) in [7, 11) is 0. The van der Waals surface area contributed by atoms with Crippen molar-refractivity contribution >= 4 is 23.5 Å². The van der Waals surface area contributed by atoms with Gasteiger partial charge in [-0.05, 0) is 70.1 Å². The van der Waals surface area contributed by atoms with Crippen molar-refractivity contribution in [3.8, 4) is 5.75 Å². The molecule has 3 amide bonds. The third-order valence-corrected chi connectivity index (χ3v) is 8.17. The number of rotatable bonds is 13. The minimum atomic E-state index is -1.05. The molecule has 11 nitrogen and oxygen atoms in total. The molecule has 0 radical (unpaired) electrons. The van der Waals surface area contributed by atoms with Crippen molar-refractivity contribution in [2.45, 2.75) is 83.0 Å². The highest BCUT2D eigenvalue weighted by Crippen LogP contribution is 2.31. The highest BCUT2D eigenvalue weighted by Gasteiger charge is 2.50. The quantitative estimate of drug-likeness (QED) is 0.200. The molecule has 3 aliphatic rings. The number of phenols is 1. The van der Waals surface area contributed by atoms with Gasteiger partial charge in [-0.15, -0.1) is 0 Å². The van der Waals surface area contributed by atoms with Crippen LogP contribution in [-0.2, 0) is 35.1 Å². The molecule has 2 saturated heterocycles. The second-order valence-electron chi connectivity index (χ2n) is 11.8. The van der Waals surface area contributed by atoms with Crippen LogP contribution in [-0.4, -0.2) is 96.7 Å². The smallest absolute Gasteiger partial charge is 0.243 e. The molecule has 230 valence electrons. The van der Waals surface area contributed by atoms with Crippen LogP contribution >= 0.6 is 0 Å². The number of aromatic hydroxyl groups is 1. The average Bonchev–Trinajstić information content (AvgIpc) is 3.73. The van der Waals surface area contributed by atoms with Gasteiger partial charge in [-0.2, -0.15) is 0 Å². The lowest BCUT2D eigenvalue weighted by atomic mass is 9.89. The minimum absolute atomic E-state index is 0.0806. The van der Waals surface area contributed by atoms with E-state index in [9.17, 15) is 24.3 Å². The Balaban J connectivity index is 1.46. The van der Waals surface area contributed by atoms with Crippen molar-refractivity contribution in [3.05, 3.63) is 41.0 Å². The maximum Gasteiger partial charge on any atom is 0.243 e. The van der Waals surface area contributed by atoms with Crippen molar-refractivity contribution in [3.63, 3.8) is 0 Å². The number of allylic oxidation sites excluding steroid dienone is 1. The summed E-state index contributed by atoms with van der Waals surface area (Å²) in [5.41, 5.74) is 1.53. The number of carbonyl (C=O) groups excluding carboxylic acids is 4. The van der Waals surface area contributed by atoms with Gasteiger partial charge < -0.3 is 30.5 Å². The highest BCUT2D eigenvalue weighted by atomic mass is 16.6. The molecule has 1 aliphatic carbocycles. The standard InChI is InChI=1S/C31H44N4O7/c1-20-9-10-23(17-26(20)36)16-25(34-29(39)21(2)32-27(37)18-35-11-13-41-14-12-35)30(40)33-24(28(38)31(3)19-42-31)15-22-7-5-4-6-8-22/h7,9-10,17,21,24-25,36H,4-6,8,11-16,18-19H2,1-3H3,(H,32,37)(H,33,40)(H,34,39)/t21-,24-,25-,31-/m0/s1. The molecule has 4 N–H and O–H groups in total. The summed E-state index contributed by atoms with van der Waals surface area (Å²) in [6, 6.07) is 2.33. The SMILES string of the molecule is Cc1ccc(C[C@H](NC(=O)[C@H](C)NC(=O)CN2CCOCC2)C(=O)N[C@@H](CC2=CCCCC2)C(=O)[C@]2(C)CO2)cc1O. The Morgan fingerprint density at radius 2 is 1.74 bits per heavy atom. The zero-order valence-electron chi connectivity index (χ0n) is 24.9.